The molecule has 2 heteroatoms. The molecule has 2 aromatic rings. The van der Waals surface area contributed by atoms with Crippen LogP contribution in [-0.4, -0.2) is 5.90 Å². The summed E-state index contributed by atoms with van der Waals surface area (Å²) >= 11 is 0. The van der Waals surface area contributed by atoms with E-state index in [9.17, 15) is 0 Å². The zero-order valence-electron chi connectivity index (χ0n) is 15.2. The first-order valence-electron chi connectivity index (χ1n) is 9.10. The quantitative estimate of drug-likeness (QED) is 0.701. The average Bonchev–Trinajstić information content (AvgIpc) is 2.60. The second-order valence-corrected chi connectivity index (χ2v) is 8.17. The summed E-state index contributed by atoms with van der Waals surface area (Å²) in [5.41, 5.74) is 6.67. The number of rotatable bonds is 1. The van der Waals surface area contributed by atoms with Crippen LogP contribution in [0, 0.1) is 5.41 Å². The molecule has 1 N–H and O–H groups in total. The van der Waals surface area contributed by atoms with Crippen molar-refractivity contribution in [1.29, 1.82) is 5.41 Å². The molecular formula is C23H25NO. The Kier molecular flexibility index (Phi) is 3.79. The molecule has 128 valence electrons. The van der Waals surface area contributed by atoms with Crippen LogP contribution in [0.25, 0.3) is 5.76 Å². The minimum absolute atomic E-state index is 0.162. The SMILES string of the molecule is CC(C)(C)c1ccc(C2CC(=N)OC3=C2CCc2ccccc23)cc1. The van der Waals surface area contributed by atoms with Gasteiger partial charge in [0.05, 0.1) is 0 Å². The van der Waals surface area contributed by atoms with Gasteiger partial charge in [-0.05, 0) is 40.5 Å². The zero-order valence-corrected chi connectivity index (χ0v) is 15.2. The first-order valence-corrected chi connectivity index (χ1v) is 9.10. The van der Waals surface area contributed by atoms with Crippen LogP contribution in [-0.2, 0) is 16.6 Å². The zero-order chi connectivity index (χ0) is 17.6. The second kappa shape index (κ2) is 5.87. The first kappa shape index (κ1) is 16.1. The fraction of sp³-hybridized carbons (Fsp3) is 0.348. The summed E-state index contributed by atoms with van der Waals surface area (Å²) in [6.45, 7) is 6.72. The number of benzene rings is 2. The maximum atomic E-state index is 8.22. The highest BCUT2D eigenvalue weighted by Crippen LogP contribution is 2.44. The number of hydrogen-bond acceptors (Lipinski definition) is 2. The van der Waals surface area contributed by atoms with Gasteiger partial charge in [0.2, 0.25) is 0 Å². The number of aryl methyl sites for hydroxylation is 1. The summed E-state index contributed by atoms with van der Waals surface area (Å²) in [6, 6.07) is 17.4. The minimum Gasteiger partial charge on any atom is -0.443 e. The normalized spacial score (nSPS) is 20.0. The summed E-state index contributed by atoms with van der Waals surface area (Å²) in [5.74, 6) is 1.57. The number of ether oxygens (including phenoxy) is 1. The molecule has 1 aliphatic heterocycles. The predicted molar refractivity (Wildman–Crippen MR) is 103 cm³/mol. The molecule has 4 rings (SSSR count). The molecule has 1 aliphatic carbocycles. The van der Waals surface area contributed by atoms with Crippen molar-refractivity contribution in [3.8, 4) is 0 Å². The minimum atomic E-state index is 0.162. The maximum absolute atomic E-state index is 8.22. The topological polar surface area (TPSA) is 33.1 Å². The molecule has 0 saturated heterocycles. The van der Waals surface area contributed by atoms with Gasteiger partial charge in [-0.3, -0.25) is 5.41 Å². The van der Waals surface area contributed by atoms with Crippen molar-refractivity contribution in [2.75, 3.05) is 0 Å². The molecule has 2 nitrogen and oxygen atoms in total. The van der Waals surface area contributed by atoms with Crippen molar-refractivity contribution in [2.45, 2.75) is 51.4 Å². The Hall–Kier alpha value is -2.35. The van der Waals surface area contributed by atoms with Gasteiger partial charge in [-0.1, -0.05) is 69.3 Å². The van der Waals surface area contributed by atoms with Crippen LogP contribution >= 0.6 is 0 Å². The first-order chi connectivity index (χ1) is 11.9. The fourth-order valence-corrected chi connectivity index (χ4v) is 3.98. The number of hydrogen-bond donors (Lipinski definition) is 1. The highest BCUT2D eigenvalue weighted by atomic mass is 16.5. The van der Waals surface area contributed by atoms with Gasteiger partial charge in [-0.15, -0.1) is 0 Å². The predicted octanol–water partition coefficient (Wildman–Crippen LogP) is 5.82. The molecule has 1 atom stereocenters. The number of nitrogens with one attached hydrogen (secondary N) is 1. The summed E-state index contributed by atoms with van der Waals surface area (Å²) in [4.78, 5) is 0. The van der Waals surface area contributed by atoms with Gasteiger partial charge in [0, 0.05) is 17.9 Å². The van der Waals surface area contributed by atoms with E-state index in [1.807, 2.05) is 0 Å². The van der Waals surface area contributed by atoms with Crippen molar-refractivity contribution in [3.05, 3.63) is 76.4 Å². The van der Waals surface area contributed by atoms with E-state index >= 15 is 0 Å². The molecule has 0 spiro atoms. The molecule has 0 radical (unpaired) electrons. The van der Waals surface area contributed by atoms with E-state index in [0.29, 0.717) is 12.3 Å². The number of allylic oxidation sites excluding steroid dienone is 1. The highest BCUT2D eigenvalue weighted by molar-refractivity contribution is 5.87. The van der Waals surface area contributed by atoms with E-state index < -0.39 is 0 Å². The van der Waals surface area contributed by atoms with Gasteiger partial charge >= 0.3 is 0 Å². The van der Waals surface area contributed by atoms with Gasteiger partial charge in [-0.25, -0.2) is 0 Å². The monoisotopic (exact) mass is 331 g/mol. The Bertz CT molecular complexity index is 852. The third kappa shape index (κ3) is 2.90. The largest absolute Gasteiger partial charge is 0.443 e. The van der Waals surface area contributed by atoms with Crippen LogP contribution in [0.15, 0.2) is 54.1 Å². The van der Waals surface area contributed by atoms with Crippen LogP contribution < -0.4 is 0 Å². The summed E-state index contributed by atoms with van der Waals surface area (Å²) in [7, 11) is 0. The molecule has 1 heterocycles. The lowest BCUT2D eigenvalue weighted by Crippen LogP contribution is -2.23. The van der Waals surface area contributed by atoms with Crippen LogP contribution in [0.2, 0.25) is 0 Å². The molecule has 0 aromatic heterocycles. The molecule has 0 amide bonds. The van der Waals surface area contributed by atoms with Crippen molar-refractivity contribution in [2.24, 2.45) is 0 Å². The fourth-order valence-electron chi connectivity index (χ4n) is 3.98. The van der Waals surface area contributed by atoms with Gasteiger partial charge in [0.25, 0.3) is 0 Å². The van der Waals surface area contributed by atoms with E-state index in [0.717, 1.165) is 18.6 Å². The smallest absolute Gasteiger partial charge is 0.188 e. The lowest BCUT2D eigenvalue weighted by atomic mass is 9.77. The summed E-state index contributed by atoms with van der Waals surface area (Å²) in [5, 5.41) is 8.22. The molecule has 0 fully saturated rings. The second-order valence-electron chi connectivity index (χ2n) is 8.17. The third-order valence-corrected chi connectivity index (χ3v) is 5.43. The van der Waals surface area contributed by atoms with Gasteiger partial charge in [-0.2, -0.15) is 0 Å². The molecular weight excluding hydrogens is 306 g/mol. The van der Waals surface area contributed by atoms with E-state index in [4.69, 9.17) is 10.1 Å². The molecule has 2 aliphatic rings. The summed E-state index contributed by atoms with van der Waals surface area (Å²) < 4.78 is 5.91. The van der Waals surface area contributed by atoms with E-state index in [-0.39, 0.29) is 11.3 Å². The van der Waals surface area contributed by atoms with Crippen LogP contribution in [0.1, 0.15) is 61.8 Å². The Morgan fingerprint density at radius 1 is 0.960 bits per heavy atom. The standard InChI is InChI=1S/C23H25NO/c1-23(2,3)17-11-8-16(9-12-17)20-14-21(24)25-22-18-7-5-4-6-15(18)10-13-19(20)22/h4-9,11-12,20,24H,10,13-14H2,1-3H3. The number of fused-ring (bicyclic) bond motifs is 2. The van der Waals surface area contributed by atoms with Crippen LogP contribution in [0.3, 0.4) is 0 Å². The van der Waals surface area contributed by atoms with Crippen molar-refractivity contribution in [3.63, 3.8) is 0 Å². The van der Waals surface area contributed by atoms with Crippen molar-refractivity contribution in [1.82, 2.24) is 0 Å². The Balaban J connectivity index is 1.76. The van der Waals surface area contributed by atoms with Crippen molar-refractivity contribution < 1.29 is 4.74 Å². The maximum Gasteiger partial charge on any atom is 0.188 e. The Morgan fingerprint density at radius 2 is 1.68 bits per heavy atom. The molecule has 1 unspecified atom stereocenters. The van der Waals surface area contributed by atoms with Gasteiger partial charge in [0.15, 0.2) is 5.90 Å². The molecule has 2 aromatic carbocycles. The lowest BCUT2D eigenvalue weighted by Gasteiger charge is -2.33. The highest BCUT2D eigenvalue weighted by Gasteiger charge is 2.33. The van der Waals surface area contributed by atoms with E-state index in [1.165, 1.54) is 27.8 Å². The van der Waals surface area contributed by atoms with Crippen molar-refractivity contribution >= 4 is 11.7 Å². The molecule has 0 saturated carbocycles. The van der Waals surface area contributed by atoms with Crippen LogP contribution in [0.4, 0.5) is 0 Å². The third-order valence-electron chi connectivity index (χ3n) is 5.43. The Morgan fingerprint density at radius 3 is 2.40 bits per heavy atom. The lowest BCUT2D eigenvalue weighted by molar-refractivity contribution is 0.438. The van der Waals surface area contributed by atoms with Gasteiger partial charge < -0.3 is 4.74 Å². The Labute approximate surface area is 150 Å². The molecule has 25 heavy (non-hydrogen) atoms. The average molecular weight is 331 g/mol. The summed E-state index contributed by atoms with van der Waals surface area (Å²) in [6.07, 6.45) is 2.74. The van der Waals surface area contributed by atoms with Gasteiger partial charge in [0.1, 0.15) is 5.76 Å². The molecule has 0 bridgehead atoms. The van der Waals surface area contributed by atoms with E-state index in [1.54, 1.807) is 0 Å². The van der Waals surface area contributed by atoms with Crippen LogP contribution in [0.5, 0.6) is 0 Å². The van der Waals surface area contributed by atoms with E-state index in [2.05, 4.69) is 69.3 Å².